The molecule has 1 aliphatic rings. The minimum Gasteiger partial charge on any atom is -0.430 e. The molecule has 0 saturated heterocycles. The van der Waals surface area contributed by atoms with Crippen molar-refractivity contribution in [3.63, 3.8) is 0 Å². The van der Waals surface area contributed by atoms with E-state index in [0.29, 0.717) is 5.75 Å². The lowest BCUT2D eigenvalue weighted by Crippen LogP contribution is -2.16. The molecule has 84 valence electrons. The number of hydrogen-bond acceptors (Lipinski definition) is 5. The minimum atomic E-state index is -3.61. The van der Waals surface area contributed by atoms with Gasteiger partial charge in [0.2, 0.25) is 0 Å². The Kier molecular flexibility index (Phi) is 2.43. The molecule has 0 bridgehead atoms. The molecule has 1 aromatic carbocycles. The monoisotopic (exact) mass is 238 g/mol. The van der Waals surface area contributed by atoms with Crippen LogP contribution < -0.4 is 10.5 Å². The summed E-state index contributed by atoms with van der Waals surface area (Å²) in [4.78, 5) is 3.62. The van der Waals surface area contributed by atoms with Crippen molar-refractivity contribution in [3.05, 3.63) is 41.1 Å². The van der Waals surface area contributed by atoms with Crippen LogP contribution in [0.1, 0.15) is 5.56 Å². The highest BCUT2D eigenvalue weighted by Gasteiger charge is 2.26. The van der Waals surface area contributed by atoms with Crippen molar-refractivity contribution >= 4 is 15.1 Å². The predicted molar refractivity (Wildman–Crippen MR) is 60.4 cm³/mol. The van der Waals surface area contributed by atoms with Crippen LogP contribution in [0.5, 0.6) is 5.75 Å². The molecule has 6 heteroatoms. The highest BCUT2D eigenvalue weighted by molar-refractivity contribution is 8.08. The first-order valence-corrected chi connectivity index (χ1v) is 6.08. The van der Waals surface area contributed by atoms with Crippen LogP contribution in [-0.4, -0.2) is 13.6 Å². The number of hydrogen-bond donors (Lipinski definition) is 1. The van der Waals surface area contributed by atoms with E-state index in [0.717, 1.165) is 11.0 Å². The van der Waals surface area contributed by atoms with Gasteiger partial charge in [0, 0.05) is 0 Å². The zero-order valence-electron chi connectivity index (χ0n) is 8.54. The van der Waals surface area contributed by atoms with Crippen LogP contribution in [0.15, 0.2) is 40.5 Å². The van der Waals surface area contributed by atoms with Crippen LogP contribution >= 0.6 is 0 Å². The lowest BCUT2D eigenvalue weighted by molar-refractivity contribution is 0.546. The van der Waals surface area contributed by atoms with Gasteiger partial charge in [0.25, 0.3) is 9.84 Å². The number of nitrogens with zero attached hydrogens (tertiary/aromatic N) is 1. The number of para-hydroxylation sites is 1. The maximum atomic E-state index is 11.5. The number of sulfone groups is 1. The molecule has 1 aromatic rings. The van der Waals surface area contributed by atoms with E-state index in [1.54, 1.807) is 12.1 Å². The summed E-state index contributed by atoms with van der Waals surface area (Å²) in [5.74, 6) is 0.386. The van der Waals surface area contributed by atoms with E-state index in [1.807, 2.05) is 19.1 Å². The second-order valence-corrected chi connectivity index (χ2v) is 5.01. The Morgan fingerprint density at radius 3 is 2.56 bits per heavy atom. The third-order valence-corrected chi connectivity index (χ3v) is 3.24. The topological polar surface area (TPSA) is 81.8 Å². The van der Waals surface area contributed by atoms with Crippen molar-refractivity contribution < 1.29 is 13.2 Å². The fraction of sp³-hybridized carbons (Fsp3) is 0.100. The summed E-state index contributed by atoms with van der Waals surface area (Å²) in [5.41, 5.74) is 6.13. The van der Waals surface area contributed by atoms with Gasteiger partial charge in [-0.2, -0.15) is 4.99 Å². The summed E-state index contributed by atoms with van der Waals surface area (Å²) in [6, 6.07) is 7.07. The molecule has 0 amide bonds. The maximum Gasteiger partial charge on any atom is 0.321 e. The van der Waals surface area contributed by atoms with Gasteiger partial charge in [0.1, 0.15) is 11.6 Å². The maximum absolute atomic E-state index is 11.5. The van der Waals surface area contributed by atoms with Crippen molar-refractivity contribution in [2.24, 2.45) is 10.7 Å². The minimum absolute atomic E-state index is 0.0661. The molecule has 2 rings (SSSR count). The van der Waals surface area contributed by atoms with Gasteiger partial charge in [-0.25, -0.2) is 8.42 Å². The van der Waals surface area contributed by atoms with Crippen molar-refractivity contribution in [3.8, 4) is 5.75 Å². The first-order chi connectivity index (χ1) is 7.49. The molecule has 0 atom stereocenters. The predicted octanol–water partition coefficient (Wildman–Crippen LogP) is 0.916. The number of rotatable bonds is 1. The molecule has 1 heterocycles. The summed E-state index contributed by atoms with van der Waals surface area (Å²) in [6.45, 7) is 1.81. The second kappa shape index (κ2) is 3.64. The van der Waals surface area contributed by atoms with Crippen molar-refractivity contribution in [1.82, 2.24) is 0 Å². The number of nitrogens with two attached hydrogens (primary N) is 1. The van der Waals surface area contributed by atoms with Gasteiger partial charge in [0.05, 0.1) is 5.41 Å². The Morgan fingerprint density at radius 1 is 1.31 bits per heavy atom. The summed E-state index contributed by atoms with van der Waals surface area (Å²) in [7, 11) is -3.61. The van der Waals surface area contributed by atoms with Crippen molar-refractivity contribution in [2.45, 2.75) is 6.92 Å². The number of benzene rings is 1. The average Bonchev–Trinajstić information content (AvgIpc) is 2.43. The van der Waals surface area contributed by atoms with E-state index in [2.05, 4.69) is 4.99 Å². The number of aryl methyl sites for hydroxylation is 1. The fourth-order valence-electron chi connectivity index (χ4n) is 1.25. The smallest absolute Gasteiger partial charge is 0.321 e. The Hall–Kier alpha value is -1.82. The van der Waals surface area contributed by atoms with Gasteiger partial charge in [-0.05, 0) is 18.6 Å². The van der Waals surface area contributed by atoms with Crippen LogP contribution in [0.4, 0.5) is 0 Å². The molecule has 5 nitrogen and oxygen atoms in total. The highest BCUT2D eigenvalue weighted by Crippen LogP contribution is 2.20. The molecular formula is C10H10N2O3S. The van der Waals surface area contributed by atoms with Gasteiger partial charge < -0.3 is 10.5 Å². The van der Waals surface area contributed by atoms with Gasteiger partial charge in [-0.15, -0.1) is 0 Å². The lowest BCUT2D eigenvalue weighted by Gasteiger charge is -2.06. The van der Waals surface area contributed by atoms with Crippen LogP contribution in [0.3, 0.4) is 0 Å². The van der Waals surface area contributed by atoms with E-state index in [-0.39, 0.29) is 11.1 Å². The van der Waals surface area contributed by atoms with Gasteiger partial charge in [-0.1, -0.05) is 18.2 Å². The highest BCUT2D eigenvalue weighted by atomic mass is 32.2. The first kappa shape index (κ1) is 10.7. The molecule has 0 aromatic heterocycles. The molecule has 2 N–H and O–H groups in total. The molecule has 0 radical (unpaired) electrons. The summed E-state index contributed by atoms with van der Waals surface area (Å²) in [5, 5.41) is 0.500. The SMILES string of the molecule is Cc1ccccc1OC1=NC(N)=CS1(=O)=O. The zero-order chi connectivity index (χ0) is 11.8. The van der Waals surface area contributed by atoms with E-state index < -0.39 is 9.84 Å². The summed E-state index contributed by atoms with van der Waals surface area (Å²) in [6.07, 6.45) is 0. The Labute approximate surface area is 93.2 Å². The Morgan fingerprint density at radius 2 is 2.00 bits per heavy atom. The van der Waals surface area contributed by atoms with E-state index in [9.17, 15) is 8.42 Å². The lowest BCUT2D eigenvalue weighted by atomic mass is 10.2. The van der Waals surface area contributed by atoms with Crippen LogP contribution in [0, 0.1) is 6.92 Å². The fourth-order valence-corrected chi connectivity index (χ4v) is 2.16. The molecule has 16 heavy (non-hydrogen) atoms. The van der Waals surface area contributed by atoms with Gasteiger partial charge in [-0.3, -0.25) is 0 Å². The third-order valence-electron chi connectivity index (χ3n) is 2.03. The van der Waals surface area contributed by atoms with Gasteiger partial charge >= 0.3 is 5.23 Å². The van der Waals surface area contributed by atoms with Crippen molar-refractivity contribution in [2.75, 3.05) is 0 Å². The van der Waals surface area contributed by atoms with E-state index in [1.165, 1.54) is 0 Å². The number of ether oxygens (including phenoxy) is 1. The molecule has 1 aliphatic heterocycles. The molecule has 0 aliphatic carbocycles. The molecule has 0 fully saturated rings. The molecule has 0 saturated carbocycles. The van der Waals surface area contributed by atoms with Crippen LogP contribution in [0.25, 0.3) is 0 Å². The Bertz CT molecular complexity index is 588. The molecule has 0 unspecified atom stereocenters. The average molecular weight is 238 g/mol. The number of aliphatic imine (C=N–C) groups is 1. The molecule has 0 spiro atoms. The standard InChI is InChI=1S/C10H10N2O3S/c1-7-4-2-3-5-8(7)15-10-12-9(11)6-16(10,13)14/h2-6H,11H2,1H3. The van der Waals surface area contributed by atoms with E-state index >= 15 is 0 Å². The van der Waals surface area contributed by atoms with Gasteiger partial charge in [0.15, 0.2) is 0 Å². The van der Waals surface area contributed by atoms with Crippen LogP contribution in [-0.2, 0) is 9.84 Å². The van der Waals surface area contributed by atoms with E-state index in [4.69, 9.17) is 10.5 Å². The normalized spacial score (nSPS) is 17.8. The van der Waals surface area contributed by atoms with Crippen LogP contribution in [0.2, 0.25) is 0 Å². The second-order valence-electron chi connectivity index (χ2n) is 3.33. The summed E-state index contributed by atoms with van der Waals surface area (Å²) < 4.78 is 28.2. The third kappa shape index (κ3) is 1.92. The molecular weight excluding hydrogens is 228 g/mol. The zero-order valence-corrected chi connectivity index (χ0v) is 9.36. The largest absolute Gasteiger partial charge is 0.430 e. The summed E-state index contributed by atoms with van der Waals surface area (Å²) >= 11 is 0. The van der Waals surface area contributed by atoms with Crippen molar-refractivity contribution in [1.29, 1.82) is 0 Å². The quantitative estimate of drug-likeness (QED) is 0.788. The first-order valence-electron chi connectivity index (χ1n) is 4.53. The Balaban J connectivity index is 2.32.